The van der Waals surface area contributed by atoms with Crippen molar-refractivity contribution < 1.29 is 9.84 Å². The van der Waals surface area contributed by atoms with Gasteiger partial charge < -0.3 is 9.84 Å². The van der Waals surface area contributed by atoms with Crippen LogP contribution in [0.5, 0.6) is 0 Å². The van der Waals surface area contributed by atoms with Crippen molar-refractivity contribution in [3.05, 3.63) is 35.9 Å². The Morgan fingerprint density at radius 2 is 2.06 bits per heavy atom. The first-order valence-electron chi connectivity index (χ1n) is 6.23. The fourth-order valence-corrected chi connectivity index (χ4v) is 2.33. The summed E-state index contributed by atoms with van der Waals surface area (Å²) in [5.41, 5.74) is 0.978. The largest absolute Gasteiger partial charge is 0.387 e. The van der Waals surface area contributed by atoms with Crippen molar-refractivity contribution in [1.29, 1.82) is 0 Å². The van der Waals surface area contributed by atoms with Gasteiger partial charge in [0.25, 0.3) is 0 Å². The number of hydrogen-bond acceptors (Lipinski definition) is 3. The van der Waals surface area contributed by atoms with E-state index in [0.717, 1.165) is 25.2 Å². The molecule has 1 aromatic carbocycles. The van der Waals surface area contributed by atoms with Gasteiger partial charge >= 0.3 is 0 Å². The zero-order chi connectivity index (χ0) is 12.3. The van der Waals surface area contributed by atoms with Crippen LogP contribution >= 0.6 is 0 Å². The molecule has 17 heavy (non-hydrogen) atoms. The molecule has 0 amide bonds. The van der Waals surface area contributed by atoms with E-state index in [-0.39, 0.29) is 6.04 Å². The lowest BCUT2D eigenvalue weighted by Gasteiger charge is -2.33. The fraction of sp³-hybridized carbons (Fsp3) is 0.571. The van der Waals surface area contributed by atoms with Crippen LogP contribution in [0.4, 0.5) is 0 Å². The smallest absolute Gasteiger partial charge is 0.0942 e. The quantitative estimate of drug-likeness (QED) is 0.864. The number of ether oxygens (including phenoxy) is 1. The minimum atomic E-state index is -0.443. The number of aliphatic hydroxyl groups is 1. The van der Waals surface area contributed by atoms with E-state index < -0.39 is 6.10 Å². The van der Waals surface area contributed by atoms with Gasteiger partial charge in [-0.2, -0.15) is 0 Å². The summed E-state index contributed by atoms with van der Waals surface area (Å²) in [5, 5.41) is 10.3. The van der Waals surface area contributed by atoms with Gasteiger partial charge in [-0.3, -0.25) is 4.90 Å². The Kier molecular flexibility index (Phi) is 4.15. The number of aliphatic hydroxyl groups excluding tert-OH is 1. The third-order valence-electron chi connectivity index (χ3n) is 3.72. The summed E-state index contributed by atoms with van der Waals surface area (Å²) in [6, 6.07) is 10.4. The first-order chi connectivity index (χ1) is 8.20. The molecule has 3 heteroatoms. The van der Waals surface area contributed by atoms with Crippen LogP contribution in [0.1, 0.15) is 25.0 Å². The van der Waals surface area contributed by atoms with Crippen LogP contribution in [0.2, 0.25) is 0 Å². The molecule has 0 radical (unpaired) electrons. The van der Waals surface area contributed by atoms with Gasteiger partial charge in [-0.15, -0.1) is 0 Å². The van der Waals surface area contributed by atoms with Gasteiger partial charge in [-0.25, -0.2) is 0 Å². The Hall–Kier alpha value is -0.900. The van der Waals surface area contributed by atoms with Crippen molar-refractivity contribution in [3.8, 4) is 0 Å². The number of benzene rings is 1. The van der Waals surface area contributed by atoms with E-state index in [2.05, 4.69) is 18.9 Å². The van der Waals surface area contributed by atoms with E-state index >= 15 is 0 Å². The summed E-state index contributed by atoms with van der Waals surface area (Å²) in [6.07, 6.45) is 0.615. The Bertz CT molecular complexity index is 335. The van der Waals surface area contributed by atoms with E-state index in [4.69, 9.17) is 4.74 Å². The van der Waals surface area contributed by atoms with Gasteiger partial charge in [-0.05, 0) is 26.0 Å². The predicted molar refractivity (Wildman–Crippen MR) is 67.9 cm³/mol. The molecular weight excluding hydrogens is 214 g/mol. The van der Waals surface area contributed by atoms with Crippen LogP contribution in [0, 0.1) is 0 Å². The molecule has 3 nitrogen and oxygen atoms in total. The standard InChI is InChI=1S/C14H21NO2/c1-11(15(2)13-8-9-17-10-13)14(16)12-6-4-3-5-7-12/h3-7,11,13-14,16H,8-10H2,1-2H3. The first kappa shape index (κ1) is 12.6. The normalized spacial score (nSPS) is 23.9. The molecule has 0 aromatic heterocycles. The van der Waals surface area contributed by atoms with Gasteiger partial charge in [0.1, 0.15) is 0 Å². The van der Waals surface area contributed by atoms with Crippen LogP contribution < -0.4 is 0 Å². The Morgan fingerprint density at radius 3 is 2.65 bits per heavy atom. The van der Waals surface area contributed by atoms with Crippen LogP contribution in [0.3, 0.4) is 0 Å². The molecule has 1 N–H and O–H groups in total. The van der Waals surface area contributed by atoms with Gasteiger partial charge in [0.05, 0.1) is 12.7 Å². The second kappa shape index (κ2) is 5.63. The molecule has 1 fully saturated rings. The lowest BCUT2D eigenvalue weighted by molar-refractivity contribution is 0.0447. The SMILES string of the molecule is CC(C(O)c1ccccc1)N(C)C1CCOC1. The highest BCUT2D eigenvalue weighted by Gasteiger charge is 2.28. The highest BCUT2D eigenvalue weighted by molar-refractivity contribution is 5.18. The number of nitrogens with zero attached hydrogens (tertiary/aromatic N) is 1. The maximum absolute atomic E-state index is 10.3. The average Bonchev–Trinajstić information content (AvgIpc) is 2.91. The molecule has 2 rings (SSSR count). The fourth-order valence-electron chi connectivity index (χ4n) is 2.33. The zero-order valence-corrected chi connectivity index (χ0v) is 10.5. The summed E-state index contributed by atoms with van der Waals surface area (Å²) in [6.45, 7) is 3.68. The lowest BCUT2D eigenvalue weighted by atomic mass is 10.0. The molecule has 1 aliphatic heterocycles. The molecule has 3 atom stereocenters. The van der Waals surface area contributed by atoms with Gasteiger partial charge in [0.15, 0.2) is 0 Å². The number of hydrogen-bond donors (Lipinski definition) is 1. The molecule has 94 valence electrons. The van der Waals surface area contributed by atoms with Crippen LogP contribution in [0.15, 0.2) is 30.3 Å². The maximum Gasteiger partial charge on any atom is 0.0942 e. The Labute approximate surface area is 103 Å². The summed E-state index contributed by atoms with van der Waals surface area (Å²) in [7, 11) is 2.07. The van der Waals surface area contributed by atoms with Crippen LogP contribution in [-0.4, -0.2) is 42.4 Å². The van der Waals surface area contributed by atoms with Gasteiger partial charge in [-0.1, -0.05) is 30.3 Å². The van der Waals surface area contributed by atoms with Crippen molar-refractivity contribution >= 4 is 0 Å². The van der Waals surface area contributed by atoms with E-state index in [1.165, 1.54) is 0 Å². The van der Waals surface area contributed by atoms with Crippen molar-refractivity contribution in [3.63, 3.8) is 0 Å². The minimum Gasteiger partial charge on any atom is -0.387 e. The zero-order valence-electron chi connectivity index (χ0n) is 10.5. The van der Waals surface area contributed by atoms with Crippen molar-refractivity contribution in [2.45, 2.75) is 31.5 Å². The predicted octanol–water partition coefficient (Wildman–Crippen LogP) is 1.83. The molecule has 1 saturated heterocycles. The monoisotopic (exact) mass is 235 g/mol. The summed E-state index contributed by atoms with van der Waals surface area (Å²) >= 11 is 0. The first-order valence-corrected chi connectivity index (χ1v) is 6.23. The summed E-state index contributed by atoms with van der Waals surface area (Å²) in [4.78, 5) is 2.23. The second-order valence-electron chi connectivity index (χ2n) is 4.78. The minimum absolute atomic E-state index is 0.101. The van der Waals surface area contributed by atoms with Crippen molar-refractivity contribution in [2.24, 2.45) is 0 Å². The number of likely N-dealkylation sites (N-methyl/N-ethyl adjacent to an activating group) is 1. The highest BCUT2D eigenvalue weighted by Crippen LogP contribution is 2.23. The van der Waals surface area contributed by atoms with E-state index in [1.807, 2.05) is 30.3 Å². The molecule has 0 aliphatic carbocycles. The van der Waals surface area contributed by atoms with Crippen LogP contribution in [0.25, 0.3) is 0 Å². The van der Waals surface area contributed by atoms with E-state index in [9.17, 15) is 5.11 Å². The average molecular weight is 235 g/mol. The molecule has 0 saturated carbocycles. The molecule has 1 aliphatic rings. The molecule has 0 bridgehead atoms. The van der Waals surface area contributed by atoms with Crippen LogP contribution in [-0.2, 0) is 4.74 Å². The second-order valence-corrected chi connectivity index (χ2v) is 4.78. The topological polar surface area (TPSA) is 32.7 Å². The Morgan fingerprint density at radius 1 is 1.35 bits per heavy atom. The molecule has 1 heterocycles. The third kappa shape index (κ3) is 2.86. The molecule has 0 spiro atoms. The summed E-state index contributed by atoms with van der Waals surface area (Å²) in [5.74, 6) is 0. The Balaban J connectivity index is 2.01. The van der Waals surface area contributed by atoms with Crippen molar-refractivity contribution in [2.75, 3.05) is 20.3 Å². The van der Waals surface area contributed by atoms with Crippen molar-refractivity contribution in [1.82, 2.24) is 4.90 Å². The third-order valence-corrected chi connectivity index (χ3v) is 3.72. The number of rotatable bonds is 4. The highest BCUT2D eigenvalue weighted by atomic mass is 16.5. The van der Waals surface area contributed by atoms with Gasteiger partial charge in [0.2, 0.25) is 0 Å². The molecule has 3 unspecified atom stereocenters. The molecule has 1 aromatic rings. The summed E-state index contributed by atoms with van der Waals surface area (Å²) < 4.78 is 5.39. The maximum atomic E-state index is 10.3. The molecular formula is C14H21NO2. The van der Waals surface area contributed by atoms with E-state index in [0.29, 0.717) is 6.04 Å². The van der Waals surface area contributed by atoms with Gasteiger partial charge in [0, 0.05) is 18.7 Å². The lowest BCUT2D eigenvalue weighted by Crippen LogP contribution is -2.42. The van der Waals surface area contributed by atoms with E-state index in [1.54, 1.807) is 0 Å².